The van der Waals surface area contributed by atoms with Gasteiger partial charge in [0.15, 0.2) is 0 Å². The van der Waals surface area contributed by atoms with Crippen LogP contribution in [0.25, 0.3) is 0 Å². The van der Waals surface area contributed by atoms with E-state index >= 15 is 0 Å². The summed E-state index contributed by atoms with van der Waals surface area (Å²) < 4.78 is 0. The molecule has 0 radical (unpaired) electrons. The van der Waals surface area contributed by atoms with Crippen LogP contribution in [0.4, 0.5) is 10.5 Å². The summed E-state index contributed by atoms with van der Waals surface area (Å²) in [7, 11) is 0. The summed E-state index contributed by atoms with van der Waals surface area (Å²) in [5.41, 5.74) is 2.19. The van der Waals surface area contributed by atoms with Crippen molar-refractivity contribution in [1.29, 1.82) is 0 Å². The minimum absolute atomic E-state index is 0.00985. The van der Waals surface area contributed by atoms with Crippen LogP contribution in [0.2, 0.25) is 0 Å². The van der Waals surface area contributed by atoms with Crippen LogP contribution in [0.15, 0.2) is 54.9 Å². The first-order valence-corrected chi connectivity index (χ1v) is 7.81. The fourth-order valence-corrected chi connectivity index (χ4v) is 2.93. The van der Waals surface area contributed by atoms with E-state index in [0.29, 0.717) is 5.92 Å². The lowest BCUT2D eigenvalue weighted by Gasteiger charge is -2.32. The molecule has 2 aromatic rings. The lowest BCUT2D eigenvalue weighted by molar-refractivity contribution is 0.182. The van der Waals surface area contributed by atoms with E-state index < -0.39 is 0 Å². The van der Waals surface area contributed by atoms with E-state index in [9.17, 15) is 4.79 Å². The van der Waals surface area contributed by atoms with Crippen molar-refractivity contribution >= 4 is 11.7 Å². The Balaban J connectivity index is 1.48. The van der Waals surface area contributed by atoms with Gasteiger partial charge in [0.2, 0.25) is 0 Å². The molecule has 1 saturated heterocycles. The van der Waals surface area contributed by atoms with E-state index in [-0.39, 0.29) is 6.03 Å². The number of aromatic nitrogens is 1. The second-order valence-corrected chi connectivity index (χ2v) is 5.79. The molecule has 0 spiro atoms. The number of carbonyl (C=O) groups is 1. The maximum absolute atomic E-state index is 12.2. The fourth-order valence-electron chi connectivity index (χ4n) is 2.93. The molecule has 1 aliphatic heterocycles. The largest absolute Gasteiger partial charge is 0.325 e. The molecule has 1 aliphatic rings. The number of carbonyl (C=O) groups excluding carboxylic acids is 1. The molecule has 4 heteroatoms. The Labute approximate surface area is 131 Å². The number of rotatable bonds is 3. The van der Waals surface area contributed by atoms with Crippen molar-refractivity contribution in [1.82, 2.24) is 9.88 Å². The molecular weight excluding hydrogens is 274 g/mol. The third-order valence-electron chi connectivity index (χ3n) is 4.20. The smallest absolute Gasteiger partial charge is 0.321 e. The molecule has 0 saturated carbocycles. The van der Waals surface area contributed by atoms with Crippen LogP contribution >= 0.6 is 0 Å². The highest BCUT2D eigenvalue weighted by atomic mass is 16.2. The highest BCUT2D eigenvalue weighted by Crippen LogP contribution is 2.22. The third kappa shape index (κ3) is 3.85. The van der Waals surface area contributed by atoms with Gasteiger partial charge in [-0.2, -0.15) is 0 Å². The predicted octanol–water partition coefficient (Wildman–Crippen LogP) is 3.57. The van der Waals surface area contributed by atoms with E-state index in [1.54, 1.807) is 24.5 Å². The first-order valence-electron chi connectivity index (χ1n) is 7.81. The third-order valence-corrected chi connectivity index (χ3v) is 4.20. The molecule has 1 aromatic carbocycles. The van der Waals surface area contributed by atoms with Gasteiger partial charge in [-0.05, 0) is 42.9 Å². The number of benzene rings is 1. The van der Waals surface area contributed by atoms with Gasteiger partial charge in [0.25, 0.3) is 0 Å². The summed E-state index contributed by atoms with van der Waals surface area (Å²) in [6, 6.07) is 14.2. The Bertz CT molecular complexity index is 592. The molecule has 0 unspecified atom stereocenters. The van der Waals surface area contributed by atoms with Crippen molar-refractivity contribution in [3.8, 4) is 0 Å². The molecule has 0 atom stereocenters. The molecule has 22 heavy (non-hydrogen) atoms. The van der Waals surface area contributed by atoms with Gasteiger partial charge < -0.3 is 10.2 Å². The molecule has 0 aliphatic carbocycles. The molecule has 0 bridgehead atoms. The number of anilines is 1. The number of hydrogen-bond donors (Lipinski definition) is 1. The Morgan fingerprint density at radius 1 is 1.09 bits per heavy atom. The molecule has 4 nitrogen and oxygen atoms in total. The van der Waals surface area contributed by atoms with Gasteiger partial charge in [0, 0.05) is 31.2 Å². The second-order valence-electron chi connectivity index (χ2n) is 5.79. The van der Waals surface area contributed by atoms with Crippen LogP contribution in [-0.2, 0) is 6.42 Å². The Morgan fingerprint density at radius 2 is 1.77 bits per heavy atom. The first kappa shape index (κ1) is 14.6. The maximum Gasteiger partial charge on any atom is 0.321 e. The Kier molecular flexibility index (Phi) is 4.68. The zero-order chi connectivity index (χ0) is 15.2. The molecule has 2 amide bonds. The van der Waals surface area contributed by atoms with Crippen molar-refractivity contribution in [2.24, 2.45) is 5.92 Å². The summed E-state index contributed by atoms with van der Waals surface area (Å²) in [5.74, 6) is 0.673. The molecule has 114 valence electrons. The number of amides is 2. The van der Waals surface area contributed by atoms with Crippen LogP contribution in [0.3, 0.4) is 0 Å². The van der Waals surface area contributed by atoms with Gasteiger partial charge in [0.05, 0.1) is 0 Å². The SMILES string of the molecule is O=C(Nc1ccncc1)N1CCC(Cc2ccccc2)CC1. The van der Waals surface area contributed by atoms with Crippen LogP contribution in [0.1, 0.15) is 18.4 Å². The van der Waals surface area contributed by atoms with Gasteiger partial charge >= 0.3 is 6.03 Å². The molecule has 1 aromatic heterocycles. The zero-order valence-electron chi connectivity index (χ0n) is 12.6. The molecule has 3 rings (SSSR count). The summed E-state index contributed by atoms with van der Waals surface area (Å²) in [6.07, 6.45) is 6.61. The molecule has 1 N–H and O–H groups in total. The van der Waals surface area contributed by atoms with Crippen LogP contribution in [0, 0.1) is 5.92 Å². The van der Waals surface area contributed by atoms with Crippen LogP contribution in [0.5, 0.6) is 0 Å². The summed E-state index contributed by atoms with van der Waals surface area (Å²) >= 11 is 0. The van der Waals surface area contributed by atoms with E-state index in [1.807, 2.05) is 4.90 Å². The first-order chi connectivity index (χ1) is 10.8. The normalized spacial score (nSPS) is 15.5. The average Bonchev–Trinajstić information content (AvgIpc) is 2.57. The van der Waals surface area contributed by atoms with Crippen LogP contribution in [-0.4, -0.2) is 29.0 Å². The Hall–Kier alpha value is -2.36. The zero-order valence-corrected chi connectivity index (χ0v) is 12.6. The predicted molar refractivity (Wildman–Crippen MR) is 87.7 cm³/mol. The minimum atomic E-state index is -0.00985. The summed E-state index contributed by atoms with van der Waals surface area (Å²) in [4.78, 5) is 18.1. The highest BCUT2D eigenvalue weighted by Gasteiger charge is 2.22. The monoisotopic (exact) mass is 295 g/mol. The number of nitrogens with zero attached hydrogens (tertiary/aromatic N) is 2. The van der Waals surface area contributed by atoms with E-state index in [2.05, 4.69) is 40.6 Å². The molecular formula is C18H21N3O. The van der Waals surface area contributed by atoms with Crippen molar-refractivity contribution in [2.45, 2.75) is 19.3 Å². The molecule has 1 fully saturated rings. The van der Waals surface area contributed by atoms with Crippen LogP contribution < -0.4 is 5.32 Å². The number of likely N-dealkylation sites (tertiary alicyclic amines) is 1. The minimum Gasteiger partial charge on any atom is -0.325 e. The summed E-state index contributed by atoms with van der Waals surface area (Å²) in [5, 5.41) is 2.92. The maximum atomic E-state index is 12.2. The lowest BCUT2D eigenvalue weighted by atomic mass is 9.90. The van der Waals surface area contributed by atoms with Crippen molar-refractivity contribution < 1.29 is 4.79 Å². The van der Waals surface area contributed by atoms with E-state index in [4.69, 9.17) is 0 Å². The number of nitrogens with one attached hydrogen (secondary N) is 1. The van der Waals surface area contributed by atoms with Crippen molar-refractivity contribution in [3.63, 3.8) is 0 Å². The van der Waals surface area contributed by atoms with Crippen molar-refractivity contribution in [3.05, 3.63) is 60.4 Å². The fraction of sp³-hybridized carbons (Fsp3) is 0.333. The van der Waals surface area contributed by atoms with Gasteiger partial charge in [-0.3, -0.25) is 4.98 Å². The number of hydrogen-bond acceptors (Lipinski definition) is 2. The second kappa shape index (κ2) is 7.07. The van der Waals surface area contributed by atoms with Gasteiger partial charge in [-0.15, -0.1) is 0 Å². The lowest BCUT2D eigenvalue weighted by Crippen LogP contribution is -2.41. The van der Waals surface area contributed by atoms with Gasteiger partial charge in [-0.1, -0.05) is 30.3 Å². The van der Waals surface area contributed by atoms with Crippen molar-refractivity contribution in [2.75, 3.05) is 18.4 Å². The standard InChI is InChI=1S/C18H21N3O/c22-18(20-17-6-10-19-11-7-17)21-12-8-16(9-13-21)14-15-4-2-1-3-5-15/h1-7,10-11,16H,8-9,12-14H2,(H,19,20,22). The van der Waals surface area contributed by atoms with E-state index in [1.165, 1.54) is 5.56 Å². The number of pyridine rings is 1. The summed E-state index contributed by atoms with van der Waals surface area (Å²) in [6.45, 7) is 1.66. The number of piperidine rings is 1. The Morgan fingerprint density at radius 3 is 2.45 bits per heavy atom. The topological polar surface area (TPSA) is 45.2 Å². The quantitative estimate of drug-likeness (QED) is 0.941. The molecule has 2 heterocycles. The number of urea groups is 1. The van der Waals surface area contributed by atoms with Gasteiger partial charge in [0.1, 0.15) is 0 Å². The van der Waals surface area contributed by atoms with E-state index in [0.717, 1.165) is 38.0 Å². The highest BCUT2D eigenvalue weighted by molar-refractivity contribution is 5.89. The average molecular weight is 295 g/mol. The van der Waals surface area contributed by atoms with Gasteiger partial charge in [-0.25, -0.2) is 4.79 Å².